The lowest BCUT2D eigenvalue weighted by atomic mass is 10.0. The standard InChI is InChI=1S/C21H15N5O/c27-21(26-24-14-16-5-3-4-10-23-16)18-13-20(15-8-11-22-12-9-15)25-19-7-2-1-6-17(18)19/h1-14H,(H,26,27)/b24-14-. The Morgan fingerprint density at radius 2 is 1.78 bits per heavy atom. The number of rotatable bonds is 4. The summed E-state index contributed by atoms with van der Waals surface area (Å²) in [6.07, 6.45) is 6.57. The third kappa shape index (κ3) is 3.69. The van der Waals surface area contributed by atoms with Crippen molar-refractivity contribution in [2.24, 2.45) is 5.10 Å². The number of nitrogens with zero attached hydrogens (tertiary/aromatic N) is 4. The molecule has 0 fully saturated rings. The zero-order valence-electron chi connectivity index (χ0n) is 14.3. The van der Waals surface area contributed by atoms with Crippen LogP contribution in [0.1, 0.15) is 16.1 Å². The van der Waals surface area contributed by atoms with Crippen LogP contribution in [0.4, 0.5) is 0 Å². The molecule has 4 aromatic rings. The fourth-order valence-corrected chi connectivity index (χ4v) is 2.70. The SMILES string of the molecule is O=C(N/N=C\c1ccccn1)c1cc(-c2ccncc2)nc2ccccc12. The van der Waals surface area contributed by atoms with Gasteiger partial charge in [-0.05, 0) is 36.4 Å². The van der Waals surface area contributed by atoms with E-state index in [9.17, 15) is 4.79 Å². The van der Waals surface area contributed by atoms with Gasteiger partial charge in [0.05, 0.1) is 28.7 Å². The Bertz CT molecular complexity index is 1110. The zero-order chi connectivity index (χ0) is 18.5. The first-order valence-electron chi connectivity index (χ1n) is 8.36. The van der Waals surface area contributed by atoms with Gasteiger partial charge in [-0.1, -0.05) is 24.3 Å². The van der Waals surface area contributed by atoms with Gasteiger partial charge >= 0.3 is 0 Å². The number of fused-ring (bicyclic) bond motifs is 1. The lowest BCUT2D eigenvalue weighted by molar-refractivity contribution is 0.0956. The molecule has 1 N–H and O–H groups in total. The molecule has 130 valence electrons. The number of para-hydroxylation sites is 1. The molecule has 0 aliphatic carbocycles. The number of hydrazone groups is 1. The minimum absolute atomic E-state index is 0.309. The molecule has 0 saturated heterocycles. The molecule has 6 nitrogen and oxygen atoms in total. The van der Waals surface area contributed by atoms with Crippen molar-refractivity contribution in [3.63, 3.8) is 0 Å². The minimum atomic E-state index is -0.309. The Kier molecular flexibility index (Phi) is 4.61. The molecule has 0 atom stereocenters. The van der Waals surface area contributed by atoms with E-state index in [1.165, 1.54) is 6.21 Å². The summed E-state index contributed by atoms with van der Waals surface area (Å²) in [6.45, 7) is 0. The monoisotopic (exact) mass is 353 g/mol. The maximum atomic E-state index is 12.7. The van der Waals surface area contributed by atoms with E-state index in [1.54, 1.807) is 30.7 Å². The van der Waals surface area contributed by atoms with Gasteiger partial charge in [-0.2, -0.15) is 5.10 Å². The summed E-state index contributed by atoms with van der Waals surface area (Å²) in [5, 5.41) is 4.77. The Hall–Kier alpha value is -3.93. The van der Waals surface area contributed by atoms with Gasteiger partial charge in [0.25, 0.3) is 5.91 Å². The van der Waals surface area contributed by atoms with Crippen LogP contribution in [-0.4, -0.2) is 27.1 Å². The normalized spacial score (nSPS) is 11.0. The Morgan fingerprint density at radius 1 is 0.963 bits per heavy atom. The van der Waals surface area contributed by atoms with Gasteiger partial charge in [0.1, 0.15) is 0 Å². The van der Waals surface area contributed by atoms with Crippen molar-refractivity contribution in [1.82, 2.24) is 20.4 Å². The van der Waals surface area contributed by atoms with Crippen LogP contribution in [0.25, 0.3) is 22.2 Å². The van der Waals surface area contributed by atoms with Crippen molar-refractivity contribution in [3.05, 3.63) is 90.5 Å². The summed E-state index contributed by atoms with van der Waals surface area (Å²) in [7, 11) is 0. The third-order valence-electron chi connectivity index (χ3n) is 3.99. The first-order valence-corrected chi connectivity index (χ1v) is 8.36. The zero-order valence-corrected chi connectivity index (χ0v) is 14.3. The van der Waals surface area contributed by atoms with E-state index in [0.29, 0.717) is 17.0 Å². The van der Waals surface area contributed by atoms with Crippen molar-refractivity contribution in [2.75, 3.05) is 0 Å². The van der Waals surface area contributed by atoms with Gasteiger partial charge in [0, 0.05) is 29.5 Å². The second kappa shape index (κ2) is 7.53. The number of amides is 1. The number of benzene rings is 1. The molecule has 0 spiro atoms. The van der Waals surface area contributed by atoms with Crippen LogP contribution in [-0.2, 0) is 0 Å². The lowest BCUT2D eigenvalue weighted by Gasteiger charge is -2.08. The van der Waals surface area contributed by atoms with Gasteiger partial charge in [-0.15, -0.1) is 0 Å². The van der Waals surface area contributed by atoms with Crippen LogP contribution in [0.2, 0.25) is 0 Å². The first-order chi connectivity index (χ1) is 13.3. The number of hydrogen-bond acceptors (Lipinski definition) is 5. The van der Waals surface area contributed by atoms with E-state index < -0.39 is 0 Å². The van der Waals surface area contributed by atoms with Crippen molar-refractivity contribution >= 4 is 23.0 Å². The molecule has 0 saturated carbocycles. The molecule has 27 heavy (non-hydrogen) atoms. The number of pyridine rings is 3. The van der Waals surface area contributed by atoms with Gasteiger partial charge < -0.3 is 0 Å². The van der Waals surface area contributed by atoms with Crippen molar-refractivity contribution in [1.29, 1.82) is 0 Å². The molecular formula is C21H15N5O. The number of aromatic nitrogens is 3. The molecule has 0 unspecified atom stereocenters. The lowest BCUT2D eigenvalue weighted by Crippen LogP contribution is -2.18. The van der Waals surface area contributed by atoms with Crippen molar-refractivity contribution in [2.45, 2.75) is 0 Å². The summed E-state index contributed by atoms with van der Waals surface area (Å²) in [4.78, 5) is 25.6. The van der Waals surface area contributed by atoms with Crippen LogP contribution >= 0.6 is 0 Å². The fraction of sp³-hybridized carbons (Fsp3) is 0. The van der Waals surface area contributed by atoms with E-state index in [4.69, 9.17) is 0 Å². The highest BCUT2D eigenvalue weighted by Crippen LogP contribution is 2.24. The molecule has 0 bridgehead atoms. The summed E-state index contributed by atoms with van der Waals surface area (Å²) >= 11 is 0. The predicted octanol–water partition coefficient (Wildman–Crippen LogP) is 3.46. The number of carbonyl (C=O) groups is 1. The maximum Gasteiger partial charge on any atom is 0.272 e. The molecule has 0 aliphatic rings. The highest BCUT2D eigenvalue weighted by Gasteiger charge is 2.13. The molecule has 4 rings (SSSR count). The van der Waals surface area contributed by atoms with Crippen LogP contribution in [0.3, 0.4) is 0 Å². The van der Waals surface area contributed by atoms with Crippen molar-refractivity contribution in [3.8, 4) is 11.3 Å². The van der Waals surface area contributed by atoms with Gasteiger partial charge in [0.2, 0.25) is 0 Å². The van der Waals surface area contributed by atoms with Gasteiger partial charge in [-0.3, -0.25) is 14.8 Å². The topological polar surface area (TPSA) is 80.1 Å². The summed E-state index contributed by atoms with van der Waals surface area (Å²) in [5.41, 5.74) is 6.07. The predicted molar refractivity (Wildman–Crippen MR) is 104 cm³/mol. The number of nitrogens with one attached hydrogen (secondary N) is 1. The van der Waals surface area contributed by atoms with Crippen LogP contribution < -0.4 is 5.43 Å². The minimum Gasteiger partial charge on any atom is -0.267 e. The molecule has 6 heteroatoms. The molecule has 3 aromatic heterocycles. The average molecular weight is 353 g/mol. The summed E-state index contributed by atoms with van der Waals surface area (Å²) in [6, 6.07) is 18.5. The van der Waals surface area contributed by atoms with Crippen LogP contribution in [0.5, 0.6) is 0 Å². The number of hydrogen-bond donors (Lipinski definition) is 1. The van der Waals surface area contributed by atoms with E-state index in [-0.39, 0.29) is 5.91 Å². The molecule has 1 amide bonds. The van der Waals surface area contributed by atoms with E-state index in [1.807, 2.05) is 48.5 Å². The Balaban J connectivity index is 1.69. The van der Waals surface area contributed by atoms with Gasteiger partial charge in [-0.25, -0.2) is 10.4 Å². The third-order valence-corrected chi connectivity index (χ3v) is 3.99. The van der Waals surface area contributed by atoms with E-state index in [0.717, 1.165) is 16.5 Å². The van der Waals surface area contributed by atoms with E-state index in [2.05, 4.69) is 25.5 Å². The molecule has 0 aliphatic heterocycles. The first kappa shape index (κ1) is 16.5. The van der Waals surface area contributed by atoms with E-state index >= 15 is 0 Å². The molecule has 1 aromatic carbocycles. The molecular weight excluding hydrogens is 338 g/mol. The van der Waals surface area contributed by atoms with Crippen LogP contribution in [0, 0.1) is 0 Å². The largest absolute Gasteiger partial charge is 0.272 e. The highest BCUT2D eigenvalue weighted by atomic mass is 16.2. The second-order valence-electron chi connectivity index (χ2n) is 5.76. The average Bonchev–Trinajstić information content (AvgIpc) is 2.74. The number of carbonyl (C=O) groups excluding carboxylic acids is 1. The molecule has 3 heterocycles. The highest BCUT2D eigenvalue weighted by molar-refractivity contribution is 6.07. The van der Waals surface area contributed by atoms with Crippen molar-refractivity contribution < 1.29 is 4.79 Å². The van der Waals surface area contributed by atoms with Gasteiger partial charge in [0.15, 0.2) is 0 Å². The smallest absolute Gasteiger partial charge is 0.267 e. The fourth-order valence-electron chi connectivity index (χ4n) is 2.70. The summed E-state index contributed by atoms with van der Waals surface area (Å²) in [5.74, 6) is -0.309. The maximum absolute atomic E-state index is 12.7. The second-order valence-corrected chi connectivity index (χ2v) is 5.76. The Labute approximate surface area is 155 Å². The van der Waals surface area contributed by atoms with Crippen LogP contribution in [0.15, 0.2) is 84.4 Å². The Morgan fingerprint density at radius 3 is 2.59 bits per heavy atom. The molecule has 0 radical (unpaired) electrons. The summed E-state index contributed by atoms with van der Waals surface area (Å²) < 4.78 is 0. The quantitative estimate of drug-likeness (QED) is 0.450.